The summed E-state index contributed by atoms with van der Waals surface area (Å²) < 4.78 is 0. The molecule has 0 N–H and O–H groups in total. The Bertz CT molecular complexity index is 800. The third-order valence-corrected chi connectivity index (χ3v) is 4.64. The van der Waals surface area contributed by atoms with Crippen LogP contribution in [0, 0.1) is 34.8 Å². The molecule has 0 bridgehead atoms. The van der Waals surface area contributed by atoms with Gasteiger partial charge in [-0.15, -0.1) is 40.0 Å². The van der Waals surface area contributed by atoms with E-state index in [0.29, 0.717) is 0 Å². The van der Waals surface area contributed by atoms with E-state index >= 15 is 0 Å². The average molecular weight is 407 g/mol. The molecular weight excluding hydrogens is 384 g/mol. The molecule has 2 aromatic carbocycles. The predicted octanol–water partition coefficient (Wildman–Crippen LogP) is 5.54. The Balaban J connectivity index is 0.000000695. The number of rotatable bonds is 1. The minimum atomic E-state index is 0. The Morgan fingerprint density at radius 3 is 2.42 bits per heavy atom. The molecule has 0 nitrogen and oxygen atoms in total. The topological polar surface area (TPSA) is 0 Å². The summed E-state index contributed by atoms with van der Waals surface area (Å²) in [4.78, 5) is 0. The zero-order chi connectivity index (χ0) is 15.7. The predicted molar refractivity (Wildman–Crippen MR) is 103 cm³/mol. The molecule has 0 spiro atoms. The van der Waals surface area contributed by atoms with Crippen LogP contribution in [0.15, 0.2) is 42.5 Å². The van der Waals surface area contributed by atoms with Gasteiger partial charge in [-0.2, -0.15) is 0 Å². The molecule has 0 saturated heterocycles. The number of hydrogen-bond donors (Lipinski definition) is 0. The van der Waals surface area contributed by atoms with E-state index in [4.69, 9.17) is 0 Å². The van der Waals surface area contributed by atoms with Gasteiger partial charge in [0.2, 0.25) is 0 Å². The molecule has 4 rings (SSSR count). The van der Waals surface area contributed by atoms with Crippen LogP contribution in [0.25, 0.3) is 16.7 Å². The van der Waals surface area contributed by atoms with Crippen LogP contribution in [0.1, 0.15) is 34.2 Å². The maximum atomic E-state index is 3.71. The van der Waals surface area contributed by atoms with Gasteiger partial charge in [-0.1, -0.05) is 61.4 Å². The zero-order valence-electron chi connectivity index (χ0n) is 15.0. The van der Waals surface area contributed by atoms with Crippen LogP contribution in [0.3, 0.4) is 0 Å². The van der Waals surface area contributed by atoms with Gasteiger partial charge in [0.15, 0.2) is 0 Å². The Kier molecular flexibility index (Phi) is 7.83. The number of fused-ring (bicyclic) bond motifs is 3. The van der Waals surface area contributed by atoms with E-state index in [1.165, 1.54) is 67.9 Å². The summed E-state index contributed by atoms with van der Waals surface area (Å²) in [6, 6.07) is 12.5. The van der Waals surface area contributed by atoms with Gasteiger partial charge in [0.1, 0.15) is 0 Å². The summed E-state index contributed by atoms with van der Waals surface area (Å²) in [7, 11) is 0. The van der Waals surface area contributed by atoms with Crippen molar-refractivity contribution in [3.63, 3.8) is 0 Å². The molecule has 122 valence electrons. The molecule has 0 unspecified atom stereocenters. The molecule has 0 amide bonds. The van der Waals surface area contributed by atoms with Crippen LogP contribution < -0.4 is 0 Å². The van der Waals surface area contributed by atoms with Crippen molar-refractivity contribution in [2.45, 2.75) is 26.7 Å². The van der Waals surface area contributed by atoms with Crippen molar-refractivity contribution in [1.82, 2.24) is 0 Å². The Hall–Kier alpha value is -0.980. The van der Waals surface area contributed by atoms with Crippen LogP contribution >= 0.6 is 0 Å². The SMILES string of the molecule is Cc1c(C2=CC=CC2)[c-]c2c(c1C)-c1ccccc1C2.[CH3-].[CH3-].[Si]=[Zr]. The quantitative estimate of drug-likeness (QED) is 0.368. The summed E-state index contributed by atoms with van der Waals surface area (Å²) in [6.07, 6.45) is 8.68. The van der Waals surface area contributed by atoms with Crippen molar-refractivity contribution in [2.24, 2.45) is 0 Å². The first-order valence-electron chi connectivity index (χ1n) is 7.50. The maximum absolute atomic E-state index is 3.71. The van der Waals surface area contributed by atoms with Gasteiger partial charge in [-0.05, 0) is 18.4 Å². The third kappa shape index (κ3) is 3.51. The van der Waals surface area contributed by atoms with Gasteiger partial charge in [0.05, 0.1) is 0 Å². The fourth-order valence-corrected chi connectivity index (χ4v) is 3.47. The van der Waals surface area contributed by atoms with Gasteiger partial charge in [0, 0.05) is 0 Å². The summed E-state index contributed by atoms with van der Waals surface area (Å²) in [5.74, 6) is 0. The molecule has 0 heterocycles. The van der Waals surface area contributed by atoms with Crippen molar-refractivity contribution < 1.29 is 23.3 Å². The van der Waals surface area contributed by atoms with E-state index in [-0.39, 0.29) is 14.9 Å². The van der Waals surface area contributed by atoms with Crippen molar-refractivity contribution >= 4 is 12.5 Å². The molecular formula is C22H23SiZr-3. The number of hydrogen-bond acceptors (Lipinski definition) is 0. The van der Waals surface area contributed by atoms with Crippen LogP contribution in [0.2, 0.25) is 0 Å². The molecule has 0 aliphatic heterocycles. The minimum absolute atomic E-state index is 0. The fraction of sp³-hybridized carbons (Fsp3) is 0.182. The molecule has 2 radical (unpaired) electrons. The van der Waals surface area contributed by atoms with Gasteiger partial charge < -0.3 is 14.9 Å². The monoisotopic (exact) mass is 405 g/mol. The molecule has 24 heavy (non-hydrogen) atoms. The first-order chi connectivity index (χ1) is 10.8. The molecule has 0 aromatic heterocycles. The van der Waals surface area contributed by atoms with Gasteiger partial charge >= 0.3 is 30.2 Å². The summed E-state index contributed by atoms with van der Waals surface area (Å²) in [6.45, 7) is 7.56. The van der Waals surface area contributed by atoms with Gasteiger partial charge in [0.25, 0.3) is 0 Å². The van der Waals surface area contributed by atoms with Crippen LogP contribution in [0.5, 0.6) is 0 Å². The molecule has 2 aliphatic rings. The Labute approximate surface area is 164 Å². The van der Waals surface area contributed by atoms with Crippen molar-refractivity contribution in [3.05, 3.63) is 91.2 Å². The fourth-order valence-electron chi connectivity index (χ4n) is 3.47. The molecule has 0 saturated carbocycles. The molecule has 2 heteroatoms. The standard InChI is InChI=1S/C20H17.2CH3.Si.Zr/c1-13-14(2)20-17(11-16-9-5-6-10-18(16)20)12-19(13)15-7-3-4-8-15;;;;/h3-7,9-10H,8,11H2,1-2H3;2*1H3;;/q3*-1;;. The normalized spacial score (nSPS) is 12.8. The van der Waals surface area contributed by atoms with E-state index in [1.807, 2.05) is 0 Å². The second-order valence-electron chi connectivity index (χ2n) is 5.76. The number of allylic oxidation sites excluding steroid dienone is 4. The summed E-state index contributed by atoms with van der Waals surface area (Å²) >= 11 is 1.36. The Morgan fingerprint density at radius 2 is 1.75 bits per heavy atom. The van der Waals surface area contributed by atoms with Crippen molar-refractivity contribution in [3.8, 4) is 11.1 Å². The van der Waals surface area contributed by atoms with Gasteiger partial charge in [-0.3, -0.25) is 0 Å². The number of benzene rings is 2. The Morgan fingerprint density at radius 1 is 1.04 bits per heavy atom. The summed E-state index contributed by atoms with van der Waals surface area (Å²) in [5.41, 5.74) is 11.2. The van der Waals surface area contributed by atoms with Crippen molar-refractivity contribution in [2.75, 3.05) is 0 Å². The van der Waals surface area contributed by atoms with Crippen LogP contribution in [-0.2, 0) is 29.8 Å². The first kappa shape index (κ1) is 21.1. The first-order valence-corrected chi connectivity index (χ1v) is 11.7. The molecule has 2 aliphatic carbocycles. The van der Waals surface area contributed by atoms with Crippen molar-refractivity contribution in [1.29, 1.82) is 0 Å². The molecule has 0 fully saturated rings. The molecule has 2 aromatic rings. The summed E-state index contributed by atoms with van der Waals surface area (Å²) in [5, 5.41) is 0. The van der Waals surface area contributed by atoms with E-state index in [1.54, 1.807) is 0 Å². The average Bonchev–Trinajstić information content (AvgIpc) is 3.19. The zero-order valence-corrected chi connectivity index (χ0v) is 18.4. The van der Waals surface area contributed by atoms with Gasteiger partial charge in [-0.25, -0.2) is 0 Å². The third-order valence-electron chi connectivity index (χ3n) is 4.64. The second kappa shape index (κ2) is 8.92. The van der Waals surface area contributed by atoms with Crippen LogP contribution in [-0.4, -0.2) is 6.88 Å². The van der Waals surface area contributed by atoms with E-state index in [0.717, 1.165) is 12.8 Å². The second-order valence-corrected chi connectivity index (χ2v) is 5.76. The van der Waals surface area contributed by atoms with Crippen LogP contribution in [0.4, 0.5) is 0 Å². The van der Waals surface area contributed by atoms with E-state index in [9.17, 15) is 0 Å². The van der Waals surface area contributed by atoms with E-state index in [2.05, 4.69) is 69.3 Å². The molecule has 0 atom stereocenters. The van der Waals surface area contributed by atoms with E-state index < -0.39 is 0 Å².